The number of amides is 1. The summed E-state index contributed by atoms with van der Waals surface area (Å²) in [5.74, 6) is 1.42. The van der Waals surface area contributed by atoms with Crippen LogP contribution in [0.4, 0.5) is 8.78 Å². The van der Waals surface area contributed by atoms with E-state index in [0.29, 0.717) is 29.8 Å². The third-order valence-corrected chi connectivity index (χ3v) is 5.04. The molecule has 0 aliphatic carbocycles. The summed E-state index contributed by atoms with van der Waals surface area (Å²) in [7, 11) is 1.69. The number of carbonyl (C=O) groups is 1. The number of aromatic nitrogens is 3. The number of nitrogens with zero attached hydrogens (tertiary/aromatic N) is 4. The predicted molar refractivity (Wildman–Crippen MR) is 104 cm³/mol. The zero-order valence-corrected chi connectivity index (χ0v) is 16.7. The van der Waals surface area contributed by atoms with E-state index in [2.05, 4.69) is 14.9 Å². The van der Waals surface area contributed by atoms with Crippen molar-refractivity contribution in [3.05, 3.63) is 48.2 Å². The van der Waals surface area contributed by atoms with Crippen molar-refractivity contribution in [2.24, 2.45) is 0 Å². The van der Waals surface area contributed by atoms with Gasteiger partial charge in [-0.1, -0.05) is 23.9 Å². The molecule has 3 rings (SSSR count). The molecule has 0 fully saturated rings. The Morgan fingerprint density at radius 3 is 2.66 bits per heavy atom. The van der Waals surface area contributed by atoms with E-state index in [9.17, 15) is 13.6 Å². The second-order valence-corrected chi connectivity index (χ2v) is 7.03. The fourth-order valence-corrected chi connectivity index (χ4v) is 3.59. The van der Waals surface area contributed by atoms with E-state index in [-0.39, 0.29) is 17.4 Å². The summed E-state index contributed by atoms with van der Waals surface area (Å²) in [6.07, 6.45) is 1.57. The number of ether oxygens (including phenoxy) is 1. The van der Waals surface area contributed by atoms with Gasteiger partial charge in [0.15, 0.2) is 16.7 Å². The van der Waals surface area contributed by atoms with Gasteiger partial charge in [0.25, 0.3) is 0 Å². The smallest absolute Gasteiger partial charge is 0.387 e. The second kappa shape index (κ2) is 9.55. The topological polar surface area (TPSA) is 73.4 Å². The van der Waals surface area contributed by atoms with Crippen LogP contribution in [-0.4, -0.2) is 45.0 Å². The lowest BCUT2D eigenvalue weighted by Crippen LogP contribution is -2.27. The highest BCUT2D eigenvalue weighted by Gasteiger charge is 2.17. The minimum atomic E-state index is -2.86. The second-order valence-electron chi connectivity index (χ2n) is 6.09. The lowest BCUT2D eigenvalue weighted by atomic mass is 10.2. The number of benzene rings is 1. The molecule has 0 saturated carbocycles. The van der Waals surface area contributed by atoms with Crippen LogP contribution in [0, 0.1) is 0 Å². The average Bonchev–Trinajstić information content (AvgIpc) is 3.36. The number of halogens is 2. The molecule has 2 aromatic heterocycles. The minimum absolute atomic E-state index is 0.0829. The standard InChI is InChI=1S/C19H20F2N4O3S/c1-3-25-17(15-5-4-10-27-15)22-23-19(25)29-12-16(26)24(2)11-13-6-8-14(9-7-13)28-18(20)21/h4-10,18H,3,11-12H2,1-2H3. The normalized spacial score (nSPS) is 11.1. The van der Waals surface area contributed by atoms with E-state index < -0.39 is 6.61 Å². The Kier molecular flexibility index (Phi) is 6.86. The maximum absolute atomic E-state index is 12.5. The lowest BCUT2D eigenvalue weighted by molar-refractivity contribution is -0.127. The molecule has 3 aromatic rings. The van der Waals surface area contributed by atoms with E-state index in [4.69, 9.17) is 4.42 Å². The van der Waals surface area contributed by atoms with Crippen molar-refractivity contribution in [2.45, 2.75) is 31.8 Å². The van der Waals surface area contributed by atoms with Crippen LogP contribution in [0.1, 0.15) is 12.5 Å². The molecule has 10 heteroatoms. The van der Waals surface area contributed by atoms with Crippen LogP contribution in [0.15, 0.2) is 52.2 Å². The molecule has 154 valence electrons. The number of carbonyl (C=O) groups excluding carboxylic acids is 1. The number of hydrogen-bond donors (Lipinski definition) is 0. The third-order valence-electron chi connectivity index (χ3n) is 4.09. The molecule has 29 heavy (non-hydrogen) atoms. The SMILES string of the molecule is CCn1c(SCC(=O)N(C)Cc2ccc(OC(F)F)cc2)nnc1-c1ccco1. The summed E-state index contributed by atoms with van der Waals surface area (Å²) >= 11 is 1.30. The summed E-state index contributed by atoms with van der Waals surface area (Å²) < 4.78 is 36.0. The Bertz CT molecular complexity index is 930. The molecule has 0 bridgehead atoms. The minimum Gasteiger partial charge on any atom is -0.461 e. The van der Waals surface area contributed by atoms with Gasteiger partial charge in [-0.15, -0.1) is 10.2 Å². The Morgan fingerprint density at radius 2 is 2.03 bits per heavy atom. The van der Waals surface area contributed by atoms with Crippen LogP contribution in [-0.2, 0) is 17.9 Å². The summed E-state index contributed by atoms with van der Waals surface area (Å²) in [6.45, 7) is 0.102. The van der Waals surface area contributed by atoms with Gasteiger partial charge in [0.05, 0.1) is 12.0 Å². The molecule has 2 heterocycles. The molecular weight excluding hydrogens is 402 g/mol. The first kappa shape index (κ1) is 20.8. The van der Waals surface area contributed by atoms with Gasteiger partial charge >= 0.3 is 6.61 Å². The van der Waals surface area contributed by atoms with Crippen molar-refractivity contribution >= 4 is 17.7 Å². The van der Waals surface area contributed by atoms with Crippen LogP contribution in [0.5, 0.6) is 5.75 Å². The van der Waals surface area contributed by atoms with Gasteiger partial charge in [-0.3, -0.25) is 9.36 Å². The van der Waals surface area contributed by atoms with E-state index in [0.717, 1.165) is 5.56 Å². The zero-order chi connectivity index (χ0) is 20.8. The van der Waals surface area contributed by atoms with Gasteiger partial charge in [-0.05, 0) is 36.8 Å². The number of hydrogen-bond acceptors (Lipinski definition) is 6. The van der Waals surface area contributed by atoms with E-state index in [1.165, 1.54) is 23.9 Å². The molecular formula is C19H20F2N4O3S. The molecule has 0 unspecified atom stereocenters. The van der Waals surface area contributed by atoms with Gasteiger partial charge in [0.2, 0.25) is 5.91 Å². The van der Waals surface area contributed by atoms with Gasteiger partial charge in [-0.2, -0.15) is 8.78 Å². The van der Waals surface area contributed by atoms with Gasteiger partial charge < -0.3 is 14.1 Å². The summed E-state index contributed by atoms with van der Waals surface area (Å²) in [4.78, 5) is 14.0. The van der Waals surface area contributed by atoms with Crippen molar-refractivity contribution in [1.82, 2.24) is 19.7 Å². The summed E-state index contributed by atoms with van der Waals surface area (Å²) in [6, 6.07) is 9.79. The highest BCUT2D eigenvalue weighted by molar-refractivity contribution is 7.99. The van der Waals surface area contributed by atoms with Crippen molar-refractivity contribution in [3.63, 3.8) is 0 Å². The first-order valence-corrected chi connectivity index (χ1v) is 9.84. The van der Waals surface area contributed by atoms with Crippen LogP contribution in [0.3, 0.4) is 0 Å². The van der Waals surface area contributed by atoms with Crippen molar-refractivity contribution in [3.8, 4) is 17.3 Å². The van der Waals surface area contributed by atoms with E-state index >= 15 is 0 Å². The van der Waals surface area contributed by atoms with Crippen LogP contribution < -0.4 is 4.74 Å². The summed E-state index contributed by atoms with van der Waals surface area (Å²) in [5.41, 5.74) is 0.810. The molecule has 0 atom stereocenters. The van der Waals surface area contributed by atoms with Crippen LogP contribution >= 0.6 is 11.8 Å². The monoisotopic (exact) mass is 422 g/mol. The number of furan rings is 1. The molecule has 1 amide bonds. The third kappa shape index (κ3) is 5.35. The van der Waals surface area contributed by atoms with Gasteiger partial charge in [0.1, 0.15) is 5.75 Å². The number of rotatable bonds is 9. The highest BCUT2D eigenvalue weighted by Crippen LogP contribution is 2.24. The highest BCUT2D eigenvalue weighted by atomic mass is 32.2. The maximum Gasteiger partial charge on any atom is 0.387 e. The van der Waals surface area contributed by atoms with E-state index in [1.807, 2.05) is 11.5 Å². The van der Waals surface area contributed by atoms with Crippen LogP contribution in [0.2, 0.25) is 0 Å². The molecule has 0 radical (unpaired) electrons. The molecule has 0 N–H and O–H groups in total. The molecule has 0 aliphatic rings. The predicted octanol–water partition coefficient (Wildman–Crippen LogP) is 3.91. The zero-order valence-electron chi connectivity index (χ0n) is 15.9. The van der Waals surface area contributed by atoms with Crippen molar-refractivity contribution in [1.29, 1.82) is 0 Å². The Hall–Kier alpha value is -2.88. The van der Waals surface area contributed by atoms with E-state index in [1.54, 1.807) is 42.5 Å². The van der Waals surface area contributed by atoms with Crippen LogP contribution in [0.25, 0.3) is 11.6 Å². The van der Waals surface area contributed by atoms with Crippen molar-refractivity contribution < 1.29 is 22.7 Å². The summed E-state index contributed by atoms with van der Waals surface area (Å²) in [5, 5.41) is 8.95. The van der Waals surface area contributed by atoms with Gasteiger partial charge in [0, 0.05) is 20.1 Å². The maximum atomic E-state index is 12.5. The first-order valence-electron chi connectivity index (χ1n) is 8.85. The Labute approximate surface area is 170 Å². The molecule has 7 nitrogen and oxygen atoms in total. The molecule has 0 aliphatic heterocycles. The number of thioether (sulfide) groups is 1. The first-order chi connectivity index (χ1) is 14.0. The largest absolute Gasteiger partial charge is 0.461 e. The fraction of sp³-hybridized carbons (Fsp3) is 0.316. The fourth-order valence-electron chi connectivity index (χ4n) is 2.64. The Morgan fingerprint density at radius 1 is 1.28 bits per heavy atom. The quantitative estimate of drug-likeness (QED) is 0.487. The van der Waals surface area contributed by atoms with Gasteiger partial charge in [-0.25, -0.2) is 0 Å². The number of alkyl halides is 2. The Balaban J connectivity index is 1.56. The lowest BCUT2D eigenvalue weighted by Gasteiger charge is -2.17. The van der Waals surface area contributed by atoms with Crippen molar-refractivity contribution in [2.75, 3.05) is 12.8 Å². The molecule has 1 aromatic carbocycles. The molecule has 0 spiro atoms. The average molecular weight is 422 g/mol. The molecule has 0 saturated heterocycles.